The number of aromatic nitrogens is 1. The average Bonchev–Trinajstić information content (AvgIpc) is 2.54. The molecule has 0 bridgehead atoms. The van der Waals surface area contributed by atoms with E-state index in [1.54, 1.807) is 6.20 Å². The summed E-state index contributed by atoms with van der Waals surface area (Å²) in [6, 6.07) is 9.58. The normalized spacial score (nSPS) is 22.5. The van der Waals surface area contributed by atoms with Crippen LogP contribution in [0.1, 0.15) is 17.3 Å². The molecule has 0 spiro atoms. The van der Waals surface area contributed by atoms with Gasteiger partial charge >= 0.3 is 0 Å². The summed E-state index contributed by atoms with van der Waals surface area (Å²) < 4.78 is 5.69. The Morgan fingerprint density at radius 3 is 3.10 bits per heavy atom. The molecule has 3 rings (SSSR count). The van der Waals surface area contributed by atoms with Crippen molar-refractivity contribution >= 4 is 32.7 Å². The molecule has 2 unspecified atom stereocenters. The molecule has 1 aliphatic heterocycles. The molecule has 0 aliphatic carbocycles. The van der Waals surface area contributed by atoms with Gasteiger partial charge in [-0.05, 0) is 25.1 Å². The van der Waals surface area contributed by atoms with Crippen molar-refractivity contribution in [3.8, 4) is 0 Å². The number of alkyl halides is 1. The number of hydrogen-bond acceptors (Lipinski definition) is 3. The summed E-state index contributed by atoms with van der Waals surface area (Å²) in [6.45, 7) is 3.21. The van der Waals surface area contributed by atoms with Gasteiger partial charge in [0.1, 0.15) is 0 Å². The Hall–Kier alpha value is -1.46. The van der Waals surface area contributed by atoms with E-state index < -0.39 is 0 Å². The van der Waals surface area contributed by atoms with Crippen LogP contribution >= 0.6 is 15.9 Å². The van der Waals surface area contributed by atoms with E-state index in [2.05, 4.69) is 20.9 Å². The quantitative estimate of drug-likeness (QED) is 0.783. The monoisotopic (exact) mass is 348 g/mol. The van der Waals surface area contributed by atoms with Crippen LogP contribution in [0.25, 0.3) is 10.9 Å². The van der Waals surface area contributed by atoms with E-state index in [9.17, 15) is 4.79 Å². The van der Waals surface area contributed by atoms with Gasteiger partial charge in [0.25, 0.3) is 5.91 Å². The molecule has 1 saturated heterocycles. The SMILES string of the molecule is CC1COC(CBr)CN1C(=O)c1cccc2ncccc12. The summed E-state index contributed by atoms with van der Waals surface area (Å²) in [6.07, 6.45) is 1.80. The lowest BCUT2D eigenvalue weighted by molar-refractivity contribution is -0.0360. The van der Waals surface area contributed by atoms with Crippen molar-refractivity contribution in [2.45, 2.75) is 19.1 Å². The maximum Gasteiger partial charge on any atom is 0.254 e. The smallest absolute Gasteiger partial charge is 0.254 e. The lowest BCUT2D eigenvalue weighted by Crippen LogP contribution is -2.51. The molecule has 1 aliphatic rings. The van der Waals surface area contributed by atoms with Crippen molar-refractivity contribution in [2.75, 3.05) is 18.5 Å². The van der Waals surface area contributed by atoms with E-state index in [0.29, 0.717) is 18.7 Å². The Bertz CT molecular complexity index is 656. The molecule has 1 amide bonds. The van der Waals surface area contributed by atoms with Gasteiger partial charge < -0.3 is 9.64 Å². The molecule has 2 aromatic rings. The molecule has 5 heteroatoms. The van der Waals surface area contributed by atoms with Crippen LogP contribution in [0.15, 0.2) is 36.5 Å². The summed E-state index contributed by atoms with van der Waals surface area (Å²) in [7, 11) is 0. The number of amides is 1. The number of rotatable bonds is 2. The van der Waals surface area contributed by atoms with Crippen LogP contribution in [0.3, 0.4) is 0 Å². The molecule has 1 aromatic heterocycles. The van der Waals surface area contributed by atoms with E-state index >= 15 is 0 Å². The van der Waals surface area contributed by atoms with Crippen LogP contribution in [0.4, 0.5) is 0 Å². The van der Waals surface area contributed by atoms with Crippen molar-refractivity contribution < 1.29 is 9.53 Å². The van der Waals surface area contributed by atoms with Crippen LogP contribution < -0.4 is 0 Å². The number of carbonyl (C=O) groups is 1. The first-order valence-corrected chi connectivity index (χ1v) is 8.15. The molecule has 4 nitrogen and oxygen atoms in total. The van der Waals surface area contributed by atoms with Gasteiger partial charge in [-0.1, -0.05) is 28.1 Å². The van der Waals surface area contributed by atoms with Crippen LogP contribution in [0.2, 0.25) is 0 Å². The number of fused-ring (bicyclic) bond motifs is 1. The number of nitrogens with zero attached hydrogens (tertiary/aromatic N) is 2. The molecule has 21 heavy (non-hydrogen) atoms. The van der Waals surface area contributed by atoms with Gasteiger partial charge in [0.2, 0.25) is 0 Å². The maximum absolute atomic E-state index is 12.9. The molecular weight excluding hydrogens is 332 g/mol. The molecule has 110 valence electrons. The summed E-state index contributed by atoms with van der Waals surface area (Å²) in [4.78, 5) is 19.1. The number of halogens is 1. The topological polar surface area (TPSA) is 42.4 Å². The molecule has 1 aromatic carbocycles. The Balaban J connectivity index is 1.96. The molecule has 0 N–H and O–H groups in total. The summed E-state index contributed by atoms with van der Waals surface area (Å²) in [5.74, 6) is 0.0513. The van der Waals surface area contributed by atoms with Gasteiger partial charge in [-0.2, -0.15) is 0 Å². The van der Waals surface area contributed by atoms with Crippen molar-refractivity contribution in [3.05, 3.63) is 42.1 Å². The molecule has 2 heterocycles. The minimum atomic E-state index is 0.0513. The first kappa shape index (κ1) is 14.5. The second-order valence-electron chi connectivity index (χ2n) is 5.29. The van der Waals surface area contributed by atoms with E-state index in [-0.39, 0.29) is 18.1 Å². The summed E-state index contributed by atoms with van der Waals surface area (Å²) >= 11 is 3.43. The van der Waals surface area contributed by atoms with E-state index in [4.69, 9.17) is 4.74 Å². The zero-order valence-corrected chi connectivity index (χ0v) is 13.4. The number of pyridine rings is 1. The zero-order valence-electron chi connectivity index (χ0n) is 11.8. The van der Waals surface area contributed by atoms with Crippen molar-refractivity contribution in [1.82, 2.24) is 9.88 Å². The van der Waals surface area contributed by atoms with E-state index in [1.807, 2.05) is 42.2 Å². The highest BCUT2D eigenvalue weighted by molar-refractivity contribution is 9.09. The third-order valence-corrected chi connectivity index (χ3v) is 4.54. The first-order valence-electron chi connectivity index (χ1n) is 7.03. The summed E-state index contributed by atoms with van der Waals surface area (Å²) in [5.41, 5.74) is 1.56. The zero-order chi connectivity index (χ0) is 14.8. The fraction of sp³-hybridized carbons (Fsp3) is 0.375. The second-order valence-corrected chi connectivity index (χ2v) is 5.94. The van der Waals surface area contributed by atoms with Crippen molar-refractivity contribution in [1.29, 1.82) is 0 Å². The third kappa shape index (κ3) is 2.80. The number of ether oxygens (including phenoxy) is 1. The van der Waals surface area contributed by atoms with Crippen molar-refractivity contribution in [3.63, 3.8) is 0 Å². The molecule has 0 radical (unpaired) electrons. The van der Waals surface area contributed by atoms with Gasteiger partial charge in [0, 0.05) is 29.0 Å². The minimum absolute atomic E-state index is 0.0513. The first-order chi connectivity index (χ1) is 10.2. The molecule has 1 fully saturated rings. The number of benzene rings is 1. The number of hydrogen-bond donors (Lipinski definition) is 0. The highest BCUT2D eigenvalue weighted by Gasteiger charge is 2.30. The largest absolute Gasteiger partial charge is 0.373 e. The Morgan fingerprint density at radius 2 is 2.29 bits per heavy atom. The van der Waals surface area contributed by atoms with Gasteiger partial charge in [0.15, 0.2) is 0 Å². The highest BCUT2D eigenvalue weighted by atomic mass is 79.9. The Labute approximate surface area is 132 Å². The fourth-order valence-electron chi connectivity index (χ4n) is 2.64. The van der Waals surface area contributed by atoms with Crippen molar-refractivity contribution in [2.24, 2.45) is 0 Å². The predicted octanol–water partition coefficient (Wildman–Crippen LogP) is 2.86. The van der Waals surface area contributed by atoms with Gasteiger partial charge in [-0.25, -0.2) is 0 Å². The van der Waals surface area contributed by atoms with E-state index in [1.165, 1.54) is 0 Å². The van der Waals surface area contributed by atoms with E-state index in [0.717, 1.165) is 16.2 Å². The second kappa shape index (κ2) is 6.12. The lowest BCUT2D eigenvalue weighted by Gasteiger charge is -2.37. The highest BCUT2D eigenvalue weighted by Crippen LogP contribution is 2.22. The van der Waals surface area contributed by atoms with Crippen LogP contribution in [-0.2, 0) is 4.74 Å². The molecule has 0 saturated carbocycles. The van der Waals surface area contributed by atoms with Crippen LogP contribution in [0, 0.1) is 0 Å². The predicted molar refractivity (Wildman–Crippen MR) is 85.8 cm³/mol. The lowest BCUT2D eigenvalue weighted by atomic mass is 10.1. The third-order valence-electron chi connectivity index (χ3n) is 3.81. The van der Waals surface area contributed by atoms with Crippen LogP contribution in [0.5, 0.6) is 0 Å². The molecular formula is C16H17BrN2O2. The Morgan fingerprint density at radius 1 is 1.43 bits per heavy atom. The maximum atomic E-state index is 12.9. The number of carbonyl (C=O) groups excluding carboxylic acids is 1. The Kier molecular flexibility index (Phi) is 4.22. The summed E-state index contributed by atoms with van der Waals surface area (Å²) in [5, 5.41) is 1.64. The molecule has 2 atom stereocenters. The number of morpholine rings is 1. The van der Waals surface area contributed by atoms with Gasteiger partial charge in [-0.15, -0.1) is 0 Å². The van der Waals surface area contributed by atoms with Crippen LogP contribution in [-0.4, -0.2) is 46.4 Å². The van der Waals surface area contributed by atoms with Gasteiger partial charge in [-0.3, -0.25) is 9.78 Å². The fourth-order valence-corrected chi connectivity index (χ4v) is 3.03. The standard InChI is InChI=1S/C16H17BrN2O2/c1-11-10-21-12(8-17)9-19(11)16(20)14-4-2-6-15-13(14)5-3-7-18-15/h2-7,11-12H,8-10H2,1H3. The minimum Gasteiger partial charge on any atom is -0.373 e. The van der Waals surface area contributed by atoms with Gasteiger partial charge in [0.05, 0.1) is 24.3 Å². The average molecular weight is 349 g/mol.